The van der Waals surface area contributed by atoms with Gasteiger partial charge >= 0.3 is 0 Å². The fraction of sp³-hybridized carbons (Fsp3) is 0.474. The first-order chi connectivity index (χ1) is 10.5. The Hall–Kier alpha value is -1.74. The Balaban J connectivity index is 1.61. The number of anilines is 1. The van der Waals surface area contributed by atoms with Gasteiger partial charge in [0.15, 0.2) is 0 Å². The van der Waals surface area contributed by atoms with E-state index in [1.165, 1.54) is 22.4 Å². The highest BCUT2D eigenvalue weighted by Gasteiger charge is 2.19. The number of furan rings is 1. The van der Waals surface area contributed by atoms with Crippen LogP contribution in [-0.4, -0.2) is 31.1 Å². The summed E-state index contributed by atoms with van der Waals surface area (Å²) in [5, 5.41) is 0. The third-order valence-corrected chi connectivity index (χ3v) is 4.89. The van der Waals surface area contributed by atoms with E-state index >= 15 is 0 Å². The predicted molar refractivity (Wildman–Crippen MR) is 91.6 cm³/mol. The first-order valence-corrected chi connectivity index (χ1v) is 8.14. The Kier molecular flexibility index (Phi) is 4.25. The van der Waals surface area contributed by atoms with E-state index in [-0.39, 0.29) is 0 Å². The Morgan fingerprint density at radius 1 is 0.955 bits per heavy atom. The fourth-order valence-corrected chi connectivity index (χ4v) is 3.17. The van der Waals surface area contributed by atoms with Crippen LogP contribution in [0.5, 0.6) is 0 Å². The highest BCUT2D eigenvalue weighted by molar-refractivity contribution is 5.56. The van der Waals surface area contributed by atoms with E-state index in [1.807, 2.05) is 6.92 Å². The quantitative estimate of drug-likeness (QED) is 0.858. The highest BCUT2D eigenvalue weighted by Crippen LogP contribution is 2.24. The minimum absolute atomic E-state index is 0.926. The molecule has 3 nitrogen and oxygen atoms in total. The van der Waals surface area contributed by atoms with Crippen molar-refractivity contribution in [2.75, 3.05) is 31.1 Å². The number of piperazine rings is 1. The molecule has 1 saturated heterocycles. The van der Waals surface area contributed by atoms with Crippen molar-refractivity contribution in [1.82, 2.24) is 4.90 Å². The van der Waals surface area contributed by atoms with E-state index in [0.717, 1.165) is 44.2 Å². The Bertz CT molecular complexity index is 632. The summed E-state index contributed by atoms with van der Waals surface area (Å²) in [7, 11) is 0. The molecule has 0 bridgehead atoms. The molecule has 3 rings (SSSR count). The summed E-state index contributed by atoms with van der Waals surface area (Å²) in [6.07, 6.45) is 0. The van der Waals surface area contributed by atoms with Crippen molar-refractivity contribution in [3.8, 4) is 0 Å². The first-order valence-electron chi connectivity index (χ1n) is 8.14. The van der Waals surface area contributed by atoms with Gasteiger partial charge in [0.1, 0.15) is 11.5 Å². The summed E-state index contributed by atoms with van der Waals surface area (Å²) >= 11 is 0. The van der Waals surface area contributed by atoms with Gasteiger partial charge in [-0.15, -0.1) is 0 Å². The summed E-state index contributed by atoms with van der Waals surface area (Å²) in [5.74, 6) is 2.14. The molecule has 118 valence electrons. The Labute approximate surface area is 133 Å². The van der Waals surface area contributed by atoms with Crippen molar-refractivity contribution in [3.05, 3.63) is 52.5 Å². The highest BCUT2D eigenvalue weighted by atomic mass is 16.3. The average molecular weight is 298 g/mol. The molecule has 1 aliphatic heterocycles. The van der Waals surface area contributed by atoms with E-state index in [1.54, 1.807) is 0 Å². The lowest BCUT2D eigenvalue weighted by Gasteiger charge is -2.36. The minimum Gasteiger partial charge on any atom is -0.465 e. The molecule has 2 heterocycles. The van der Waals surface area contributed by atoms with Crippen molar-refractivity contribution < 1.29 is 4.42 Å². The maximum atomic E-state index is 5.81. The van der Waals surface area contributed by atoms with Crippen LogP contribution in [-0.2, 0) is 6.54 Å². The van der Waals surface area contributed by atoms with Gasteiger partial charge in [0, 0.05) is 31.9 Å². The number of hydrogen-bond donors (Lipinski definition) is 0. The second kappa shape index (κ2) is 6.17. The van der Waals surface area contributed by atoms with Crippen LogP contribution in [0.2, 0.25) is 0 Å². The molecular formula is C19H26N2O. The van der Waals surface area contributed by atoms with Crippen LogP contribution >= 0.6 is 0 Å². The van der Waals surface area contributed by atoms with Gasteiger partial charge in [-0.25, -0.2) is 0 Å². The zero-order chi connectivity index (χ0) is 15.7. The zero-order valence-corrected chi connectivity index (χ0v) is 14.1. The van der Waals surface area contributed by atoms with Crippen LogP contribution in [0.15, 0.2) is 28.7 Å². The normalized spacial score (nSPS) is 16.3. The molecule has 0 unspecified atom stereocenters. The lowest BCUT2D eigenvalue weighted by Crippen LogP contribution is -2.46. The van der Waals surface area contributed by atoms with E-state index in [4.69, 9.17) is 4.42 Å². The molecule has 0 amide bonds. The molecule has 0 atom stereocenters. The molecule has 0 spiro atoms. The van der Waals surface area contributed by atoms with Crippen LogP contribution < -0.4 is 4.90 Å². The van der Waals surface area contributed by atoms with Crippen molar-refractivity contribution in [1.29, 1.82) is 0 Å². The topological polar surface area (TPSA) is 19.6 Å². The Morgan fingerprint density at radius 3 is 2.32 bits per heavy atom. The third-order valence-electron chi connectivity index (χ3n) is 4.89. The van der Waals surface area contributed by atoms with E-state index < -0.39 is 0 Å². The average Bonchev–Trinajstić information content (AvgIpc) is 2.81. The first kappa shape index (κ1) is 15.2. The summed E-state index contributed by atoms with van der Waals surface area (Å²) < 4.78 is 5.81. The monoisotopic (exact) mass is 298 g/mol. The standard InChI is InChI=1S/C19H26N2O/c1-14-6-5-7-19(16(14)3)21-10-8-20(9-11-21)13-18-12-15(2)17(4)22-18/h5-7,12H,8-11,13H2,1-4H3. The summed E-state index contributed by atoms with van der Waals surface area (Å²) in [5.41, 5.74) is 5.43. The molecule has 0 aliphatic carbocycles. The molecule has 0 N–H and O–H groups in total. The molecule has 22 heavy (non-hydrogen) atoms. The van der Waals surface area contributed by atoms with Crippen LogP contribution in [0.1, 0.15) is 28.2 Å². The van der Waals surface area contributed by atoms with Crippen molar-refractivity contribution in [2.24, 2.45) is 0 Å². The van der Waals surface area contributed by atoms with Crippen LogP contribution in [0, 0.1) is 27.7 Å². The van der Waals surface area contributed by atoms with E-state index in [0.29, 0.717) is 0 Å². The Morgan fingerprint density at radius 2 is 1.68 bits per heavy atom. The fourth-order valence-electron chi connectivity index (χ4n) is 3.17. The van der Waals surface area contributed by atoms with Gasteiger partial charge in [-0.1, -0.05) is 12.1 Å². The smallest absolute Gasteiger partial charge is 0.118 e. The van der Waals surface area contributed by atoms with Crippen molar-refractivity contribution >= 4 is 5.69 Å². The van der Waals surface area contributed by atoms with E-state index in [2.05, 4.69) is 54.8 Å². The maximum Gasteiger partial charge on any atom is 0.118 e. The summed E-state index contributed by atoms with van der Waals surface area (Å²) in [6, 6.07) is 8.78. The van der Waals surface area contributed by atoms with Crippen molar-refractivity contribution in [3.63, 3.8) is 0 Å². The van der Waals surface area contributed by atoms with Gasteiger partial charge in [-0.2, -0.15) is 0 Å². The molecule has 1 aliphatic rings. The van der Waals surface area contributed by atoms with E-state index in [9.17, 15) is 0 Å². The number of nitrogens with zero attached hydrogens (tertiary/aromatic N) is 2. The van der Waals surface area contributed by atoms with Gasteiger partial charge in [0.2, 0.25) is 0 Å². The van der Waals surface area contributed by atoms with Gasteiger partial charge in [0.25, 0.3) is 0 Å². The number of aryl methyl sites for hydroxylation is 3. The summed E-state index contributed by atoms with van der Waals surface area (Å²) in [6.45, 7) is 13.8. The SMILES string of the molecule is Cc1cc(CN2CCN(c3cccc(C)c3C)CC2)oc1C. The second-order valence-electron chi connectivity index (χ2n) is 6.43. The molecular weight excluding hydrogens is 272 g/mol. The van der Waals surface area contributed by atoms with Gasteiger partial charge < -0.3 is 9.32 Å². The van der Waals surface area contributed by atoms with Gasteiger partial charge in [-0.05, 0) is 56.5 Å². The molecule has 1 fully saturated rings. The van der Waals surface area contributed by atoms with Gasteiger partial charge in [0.05, 0.1) is 6.54 Å². The van der Waals surface area contributed by atoms with Crippen LogP contribution in [0.3, 0.4) is 0 Å². The molecule has 0 radical (unpaired) electrons. The molecule has 1 aromatic heterocycles. The zero-order valence-electron chi connectivity index (χ0n) is 14.1. The molecule has 0 saturated carbocycles. The molecule has 1 aromatic carbocycles. The molecule has 3 heteroatoms. The number of hydrogen-bond acceptors (Lipinski definition) is 3. The predicted octanol–water partition coefficient (Wildman–Crippen LogP) is 3.84. The number of benzene rings is 1. The molecule has 2 aromatic rings. The van der Waals surface area contributed by atoms with Crippen molar-refractivity contribution in [2.45, 2.75) is 34.2 Å². The maximum absolute atomic E-state index is 5.81. The lowest BCUT2D eigenvalue weighted by atomic mass is 10.1. The largest absolute Gasteiger partial charge is 0.465 e. The van der Waals surface area contributed by atoms with Crippen LogP contribution in [0.4, 0.5) is 5.69 Å². The lowest BCUT2D eigenvalue weighted by molar-refractivity contribution is 0.229. The number of rotatable bonds is 3. The van der Waals surface area contributed by atoms with Crippen LogP contribution in [0.25, 0.3) is 0 Å². The second-order valence-corrected chi connectivity index (χ2v) is 6.43. The van der Waals surface area contributed by atoms with Gasteiger partial charge in [-0.3, -0.25) is 4.90 Å². The summed E-state index contributed by atoms with van der Waals surface area (Å²) in [4.78, 5) is 5.00. The third kappa shape index (κ3) is 3.05. The minimum atomic E-state index is 0.926.